The zero-order valence-corrected chi connectivity index (χ0v) is 10.1. The molecule has 1 fully saturated rings. The van der Waals surface area contributed by atoms with Crippen molar-refractivity contribution in [2.24, 2.45) is 11.3 Å². The third kappa shape index (κ3) is 1.97. The second-order valence-electron chi connectivity index (χ2n) is 4.85. The molecule has 0 aromatic carbocycles. The fraction of sp³-hybridized carbons (Fsp3) is 0.583. The number of rotatable bonds is 3. The van der Waals surface area contributed by atoms with E-state index in [0.29, 0.717) is 13.0 Å². The van der Waals surface area contributed by atoms with Crippen LogP contribution in [0.5, 0.6) is 0 Å². The number of anilines is 1. The van der Waals surface area contributed by atoms with Gasteiger partial charge >= 0.3 is 5.97 Å². The molecule has 92 valence electrons. The highest BCUT2D eigenvalue weighted by Crippen LogP contribution is 2.39. The fourth-order valence-corrected chi connectivity index (χ4v) is 2.38. The SMILES string of the molecule is CC(C)C1(C(=O)O)CCN(c2cnccn2)C1. The van der Waals surface area contributed by atoms with E-state index in [9.17, 15) is 9.90 Å². The first-order chi connectivity index (χ1) is 8.06. The number of aliphatic carboxylic acids is 1. The molecule has 5 heteroatoms. The molecule has 1 N–H and O–H groups in total. The average molecular weight is 235 g/mol. The van der Waals surface area contributed by atoms with Gasteiger partial charge in [0.2, 0.25) is 0 Å². The van der Waals surface area contributed by atoms with E-state index in [1.165, 1.54) is 0 Å². The predicted molar refractivity (Wildman–Crippen MR) is 63.8 cm³/mol. The first-order valence-corrected chi connectivity index (χ1v) is 5.80. The Morgan fingerprint density at radius 1 is 1.53 bits per heavy atom. The summed E-state index contributed by atoms with van der Waals surface area (Å²) in [6.45, 7) is 5.17. The lowest BCUT2D eigenvalue weighted by molar-refractivity contribution is -0.150. The quantitative estimate of drug-likeness (QED) is 0.858. The van der Waals surface area contributed by atoms with E-state index >= 15 is 0 Å². The summed E-state index contributed by atoms with van der Waals surface area (Å²) in [6.07, 6.45) is 5.59. The second kappa shape index (κ2) is 4.31. The van der Waals surface area contributed by atoms with Crippen molar-refractivity contribution in [3.8, 4) is 0 Å². The summed E-state index contributed by atoms with van der Waals surface area (Å²) in [6, 6.07) is 0. The maximum Gasteiger partial charge on any atom is 0.311 e. The van der Waals surface area contributed by atoms with Crippen molar-refractivity contribution >= 4 is 11.8 Å². The summed E-state index contributed by atoms with van der Waals surface area (Å²) in [5.74, 6) is 0.164. The molecule has 1 aliphatic heterocycles. The van der Waals surface area contributed by atoms with E-state index in [-0.39, 0.29) is 5.92 Å². The van der Waals surface area contributed by atoms with Gasteiger partial charge in [-0.1, -0.05) is 13.8 Å². The van der Waals surface area contributed by atoms with E-state index in [1.54, 1.807) is 18.6 Å². The molecule has 1 aliphatic rings. The van der Waals surface area contributed by atoms with Crippen LogP contribution in [0.15, 0.2) is 18.6 Å². The van der Waals surface area contributed by atoms with Crippen molar-refractivity contribution in [3.63, 3.8) is 0 Å². The normalized spacial score (nSPS) is 24.3. The molecule has 2 heterocycles. The van der Waals surface area contributed by atoms with Gasteiger partial charge in [-0.25, -0.2) is 4.98 Å². The minimum absolute atomic E-state index is 0.113. The fourth-order valence-electron chi connectivity index (χ4n) is 2.38. The lowest BCUT2D eigenvalue weighted by Crippen LogP contribution is -2.39. The molecule has 2 rings (SSSR count). The number of carbonyl (C=O) groups is 1. The van der Waals surface area contributed by atoms with Crippen molar-refractivity contribution in [1.82, 2.24) is 9.97 Å². The smallest absolute Gasteiger partial charge is 0.311 e. The molecule has 1 saturated heterocycles. The Labute approximate surface area is 100 Å². The van der Waals surface area contributed by atoms with Crippen molar-refractivity contribution < 1.29 is 9.90 Å². The van der Waals surface area contributed by atoms with Gasteiger partial charge in [-0.15, -0.1) is 0 Å². The highest BCUT2D eigenvalue weighted by molar-refractivity contribution is 5.77. The van der Waals surface area contributed by atoms with Crippen molar-refractivity contribution in [2.75, 3.05) is 18.0 Å². The largest absolute Gasteiger partial charge is 0.481 e. The van der Waals surface area contributed by atoms with E-state index in [0.717, 1.165) is 12.4 Å². The lowest BCUT2D eigenvalue weighted by Gasteiger charge is -2.28. The predicted octanol–water partition coefficient (Wildman–Crippen LogP) is 1.41. The minimum atomic E-state index is -0.709. The van der Waals surface area contributed by atoms with Crippen molar-refractivity contribution in [1.29, 1.82) is 0 Å². The molecule has 5 nitrogen and oxygen atoms in total. The first-order valence-electron chi connectivity index (χ1n) is 5.80. The van der Waals surface area contributed by atoms with Gasteiger partial charge in [0.05, 0.1) is 11.6 Å². The molecule has 0 aliphatic carbocycles. The van der Waals surface area contributed by atoms with Crippen LogP contribution in [0, 0.1) is 11.3 Å². The Hall–Kier alpha value is -1.65. The molecule has 0 amide bonds. The van der Waals surface area contributed by atoms with E-state index in [2.05, 4.69) is 9.97 Å². The Kier molecular flexibility index (Phi) is 3.00. The molecular formula is C12H17N3O2. The molecule has 1 aromatic rings. The topological polar surface area (TPSA) is 66.3 Å². The summed E-state index contributed by atoms with van der Waals surface area (Å²) in [7, 11) is 0. The molecule has 0 bridgehead atoms. The second-order valence-corrected chi connectivity index (χ2v) is 4.85. The molecule has 1 unspecified atom stereocenters. The standard InChI is InChI=1S/C12H17N3O2/c1-9(2)12(11(16)17)3-6-15(8-12)10-7-13-4-5-14-10/h4-5,7,9H,3,6,8H2,1-2H3,(H,16,17). The van der Waals surface area contributed by atoms with Crippen LogP contribution in [0.2, 0.25) is 0 Å². The molecule has 1 atom stereocenters. The lowest BCUT2D eigenvalue weighted by atomic mass is 9.76. The number of nitrogens with zero attached hydrogens (tertiary/aromatic N) is 3. The van der Waals surface area contributed by atoms with Crippen LogP contribution in [0.25, 0.3) is 0 Å². The van der Waals surface area contributed by atoms with Crippen molar-refractivity contribution in [2.45, 2.75) is 20.3 Å². The van der Waals surface area contributed by atoms with Gasteiger partial charge in [0.1, 0.15) is 5.82 Å². The summed E-state index contributed by atoms with van der Waals surface area (Å²) in [5.41, 5.74) is -0.655. The van der Waals surface area contributed by atoms with Gasteiger partial charge in [-0.3, -0.25) is 9.78 Å². The number of hydrogen-bond acceptors (Lipinski definition) is 4. The summed E-state index contributed by atoms with van der Waals surface area (Å²) in [5, 5.41) is 9.44. The molecule has 0 saturated carbocycles. The maximum absolute atomic E-state index is 11.5. The Morgan fingerprint density at radius 3 is 2.76 bits per heavy atom. The third-order valence-corrected chi connectivity index (χ3v) is 3.71. The van der Waals surface area contributed by atoms with Gasteiger partial charge in [0.15, 0.2) is 0 Å². The van der Waals surface area contributed by atoms with Gasteiger partial charge in [0.25, 0.3) is 0 Å². The van der Waals surface area contributed by atoms with Crippen molar-refractivity contribution in [3.05, 3.63) is 18.6 Å². The van der Waals surface area contributed by atoms with Gasteiger partial charge in [-0.2, -0.15) is 0 Å². The summed E-state index contributed by atoms with van der Waals surface area (Å²) < 4.78 is 0. The number of carboxylic acid groups (broad SMARTS) is 1. The number of aromatic nitrogens is 2. The summed E-state index contributed by atoms with van der Waals surface area (Å²) >= 11 is 0. The molecular weight excluding hydrogens is 218 g/mol. The van der Waals surface area contributed by atoms with E-state index in [4.69, 9.17) is 0 Å². The molecule has 17 heavy (non-hydrogen) atoms. The highest BCUT2D eigenvalue weighted by Gasteiger charge is 2.47. The molecule has 0 radical (unpaired) electrons. The zero-order chi connectivity index (χ0) is 12.5. The average Bonchev–Trinajstić information content (AvgIpc) is 2.76. The van der Waals surface area contributed by atoms with Gasteiger partial charge in [0, 0.05) is 25.5 Å². The molecule has 1 aromatic heterocycles. The van der Waals surface area contributed by atoms with Gasteiger partial charge < -0.3 is 10.0 Å². The van der Waals surface area contributed by atoms with Crippen LogP contribution >= 0.6 is 0 Å². The minimum Gasteiger partial charge on any atom is -0.481 e. The number of hydrogen-bond donors (Lipinski definition) is 1. The monoisotopic (exact) mass is 235 g/mol. The van der Waals surface area contributed by atoms with Crippen LogP contribution in [-0.2, 0) is 4.79 Å². The number of carboxylic acids is 1. The van der Waals surface area contributed by atoms with Gasteiger partial charge in [-0.05, 0) is 12.3 Å². The molecule has 0 spiro atoms. The maximum atomic E-state index is 11.5. The van der Waals surface area contributed by atoms with Crippen LogP contribution in [-0.4, -0.2) is 34.1 Å². The van der Waals surface area contributed by atoms with Crippen LogP contribution in [0.4, 0.5) is 5.82 Å². The third-order valence-electron chi connectivity index (χ3n) is 3.71. The van der Waals surface area contributed by atoms with Crippen LogP contribution in [0.1, 0.15) is 20.3 Å². The Bertz CT molecular complexity index is 407. The first kappa shape index (κ1) is 11.8. The highest BCUT2D eigenvalue weighted by atomic mass is 16.4. The van der Waals surface area contributed by atoms with E-state index in [1.807, 2.05) is 18.7 Å². The van der Waals surface area contributed by atoms with Crippen LogP contribution in [0.3, 0.4) is 0 Å². The van der Waals surface area contributed by atoms with E-state index < -0.39 is 11.4 Å². The van der Waals surface area contributed by atoms with Crippen LogP contribution < -0.4 is 4.90 Å². The zero-order valence-electron chi connectivity index (χ0n) is 10.1. The summed E-state index contributed by atoms with van der Waals surface area (Å²) in [4.78, 5) is 21.7. The Morgan fingerprint density at radius 2 is 2.29 bits per heavy atom. The Balaban J connectivity index is 2.21.